The number of amides is 1. The van der Waals surface area contributed by atoms with E-state index in [1.807, 2.05) is 0 Å². The molecule has 6 heteroatoms. The SMILES string of the molecule is Cc1cc(NC(=O)c2ccco2)cc(C(=O)O)c1O. The summed E-state index contributed by atoms with van der Waals surface area (Å²) in [6.07, 6.45) is 1.36. The lowest BCUT2D eigenvalue weighted by Crippen LogP contribution is -2.12. The zero-order valence-corrected chi connectivity index (χ0v) is 10.0. The Morgan fingerprint density at radius 2 is 2.05 bits per heavy atom. The van der Waals surface area contributed by atoms with Gasteiger partial charge in [0.15, 0.2) is 5.76 Å². The third-order valence-corrected chi connectivity index (χ3v) is 2.53. The van der Waals surface area contributed by atoms with Gasteiger partial charge in [-0.3, -0.25) is 4.79 Å². The fourth-order valence-electron chi connectivity index (χ4n) is 1.62. The molecule has 2 rings (SSSR count). The second-order valence-corrected chi connectivity index (χ2v) is 3.93. The van der Waals surface area contributed by atoms with Gasteiger partial charge in [0.2, 0.25) is 0 Å². The number of hydrogen-bond donors (Lipinski definition) is 3. The Balaban J connectivity index is 2.31. The molecule has 0 unspecified atom stereocenters. The molecule has 6 nitrogen and oxygen atoms in total. The van der Waals surface area contributed by atoms with Crippen LogP contribution in [0.25, 0.3) is 0 Å². The normalized spacial score (nSPS) is 10.2. The molecule has 1 amide bonds. The van der Waals surface area contributed by atoms with Crippen molar-refractivity contribution in [1.82, 2.24) is 0 Å². The lowest BCUT2D eigenvalue weighted by molar-refractivity contribution is 0.0693. The highest BCUT2D eigenvalue weighted by Gasteiger charge is 2.15. The highest BCUT2D eigenvalue weighted by atomic mass is 16.4. The van der Waals surface area contributed by atoms with Gasteiger partial charge in [-0.2, -0.15) is 0 Å². The van der Waals surface area contributed by atoms with Crippen LogP contribution in [0, 0.1) is 6.92 Å². The average Bonchev–Trinajstić information content (AvgIpc) is 2.86. The predicted molar refractivity (Wildman–Crippen MR) is 66.5 cm³/mol. The number of phenols is 1. The number of rotatable bonds is 3. The van der Waals surface area contributed by atoms with Crippen LogP contribution in [-0.4, -0.2) is 22.1 Å². The standard InChI is InChI=1S/C13H11NO5/c1-7-5-8(6-9(11(7)15)13(17)18)14-12(16)10-3-2-4-19-10/h2-6,15H,1H3,(H,14,16)(H,17,18). The summed E-state index contributed by atoms with van der Waals surface area (Å²) in [7, 11) is 0. The minimum Gasteiger partial charge on any atom is -0.507 e. The van der Waals surface area contributed by atoms with Crippen LogP contribution in [0.3, 0.4) is 0 Å². The summed E-state index contributed by atoms with van der Waals surface area (Å²) < 4.78 is 4.92. The topological polar surface area (TPSA) is 99.8 Å². The second-order valence-electron chi connectivity index (χ2n) is 3.93. The van der Waals surface area contributed by atoms with Gasteiger partial charge < -0.3 is 19.9 Å². The van der Waals surface area contributed by atoms with E-state index < -0.39 is 11.9 Å². The van der Waals surface area contributed by atoms with Gasteiger partial charge in [-0.15, -0.1) is 0 Å². The van der Waals surface area contributed by atoms with Gasteiger partial charge in [0, 0.05) is 5.69 Å². The smallest absolute Gasteiger partial charge is 0.339 e. The Hall–Kier alpha value is -2.76. The minimum atomic E-state index is -1.27. The maximum Gasteiger partial charge on any atom is 0.339 e. The largest absolute Gasteiger partial charge is 0.507 e. The number of nitrogens with one attached hydrogen (secondary N) is 1. The maximum absolute atomic E-state index is 11.7. The van der Waals surface area contributed by atoms with Crippen molar-refractivity contribution in [3.8, 4) is 5.75 Å². The summed E-state index contributed by atoms with van der Waals surface area (Å²) in [6, 6.07) is 5.72. The van der Waals surface area contributed by atoms with E-state index in [-0.39, 0.29) is 22.8 Å². The number of carbonyl (C=O) groups is 2. The molecular formula is C13H11NO5. The van der Waals surface area contributed by atoms with Gasteiger partial charge in [-0.05, 0) is 36.8 Å². The first-order chi connectivity index (χ1) is 8.99. The molecule has 1 heterocycles. The summed E-state index contributed by atoms with van der Waals surface area (Å²) >= 11 is 0. The molecule has 0 aliphatic heterocycles. The van der Waals surface area contributed by atoms with Crippen LogP contribution >= 0.6 is 0 Å². The van der Waals surface area contributed by atoms with Crippen molar-refractivity contribution in [3.63, 3.8) is 0 Å². The van der Waals surface area contributed by atoms with Crippen molar-refractivity contribution in [1.29, 1.82) is 0 Å². The molecule has 2 aromatic rings. The lowest BCUT2D eigenvalue weighted by atomic mass is 10.1. The highest BCUT2D eigenvalue weighted by Crippen LogP contribution is 2.26. The molecule has 3 N–H and O–H groups in total. The molecule has 0 saturated heterocycles. The highest BCUT2D eigenvalue weighted by molar-refractivity contribution is 6.03. The molecule has 98 valence electrons. The Bertz CT molecular complexity index is 631. The van der Waals surface area contributed by atoms with Gasteiger partial charge in [-0.25, -0.2) is 4.79 Å². The van der Waals surface area contributed by atoms with Crippen molar-refractivity contribution >= 4 is 17.6 Å². The number of aromatic carboxylic acids is 1. The number of aromatic hydroxyl groups is 1. The first kappa shape index (κ1) is 12.7. The molecule has 0 aliphatic rings. The molecule has 1 aromatic heterocycles. The number of anilines is 1. The monoisotopic (exact) mass is 261 g/mol. The quantitative estimate of drug-likeness (QED) is 0.736. The van der Waals surface area contributed by atoms with Crippen LogP contribution in [0.15, 0.2) is 34.9 Å². The molecule has 0 spiro atoms. The number of benzene rings is 1. The molecular weight excluding hydrogens is 250 g/mol. The first-order valence-corrected chi connectivity index (χ1v) is 5.41. The van der Waals surface area contributed by atoms with E-state index in [2.05, 4.69) is 5.32 Å². The van der Waals surface area contributed by atoms with Crippen molar-refractivity contribution in [2.24, 2.45) is 0 Å². The number of hydrogen-bond acceptors (Lipinski definition) is 4. The summed E-state index contributed by atoms with van der Waals surface area (Å²) in [4.78, 5) is 22.7. The lowest BCUT2D eigenvalue weighted by Gasteiger charge is -2.08. The number of carboxylic acids is 1. The van der Waals surface area contributed by atoms with Crippen molar-refractivity contribution in [3.05, 3.63) is 47.4 Å². The van der Waals surface area contributed by atoms with Gasteiger partial charge in [0.05, 0.1) is 6.26 Å². The Morgan fingerprint density at radius 1 is 1.32 bits per heavy atom. The molecule has 0 bridgehead atoms. The number of carboxylic acid groups (broad SMARTS) is 1. The average molecular weight is 261 g/mol. The zero-order chi connectivity index (χ0) is 14.0. The van der Waals surface area contributed by atoms with Crippen molar-refractivity contribution in [2.75, 3.05) is 5.32 Å². The second kappa shape index (κ2) is 4.85. The van der Waals surface area contributed by atoms with E-state index >= 15 is 0 Å². The fraction of sp³-hybridized carbons (Fsp3) is 0.0769. The summed E-state index contributed by atoms with van der Waals surface area (Å²) in [6.45, 7) is 1.55. The van der Waals surface area contributed by atoms with E-state index in [9.17, 15) is 14.7 Å². The number of carbonyl (C=O) groups excluding carboxylic acids is 1. The van der Waals surface area contributed by atoms with Crippen LogP contribution < -0.4 is 5.32 Å². The van der Waals surface area contributed by atoms with Gasteiger partial charge in [0.25, 0.3) is 5.91 Å². The summed E-state index contributed by atoms with van der Waals surface area (Å²) in [5.41, 5.74) is 0.360. The summed E-state index contributed by atoms with van der Waals surface area (Å²) in [5, 5.41) is 21.0. The number of furan rings is 1. The van der Waals surface area contributed by atoms with E-state index in [0.717, 1.165) is 0 Å². The Morgan fingerprint density at radius 3 is 2.63 bits per heavy atom. The van der Waals surface area contributed by atoms with E-state index in [1.165, 1.54) is 24.5 Å². The Labute approximate surface area is 108 Å². The van der Waals surface area contributed by atoms with Crippen molar-refractivity contribution < 1.29 is 24.2 Å². The van der Waals surface area contributed by atoms with Crippen LogP contribution in [-0.2, 0) is 0 Å². The first-order valence-electron chi connectivity index (χ1n) is 5.41. The molecule has 0 atom stereocenters. The molecule has 0 saturated carbocycles. The summed E-state index contributed by atoms with van der Waals surface area (Å²) in [5.74, 6) is -1.97. The third kappa shape index (κ3) is 2.57. The minimum absolute atomic E-state index is 0.114. The molecule has 1 aromatic carbocycles. The maximum atomic E-state index is 11.7. The number of aryl methyl sites for hydroxylation is 1. The molecule has 0 aliphatic carbocycles. The molecule has 0 fully saturated rings. The van der Waals surface area contributed by atoms with Crippen LogP contribution in [0.4, 0.5) is 5.69 Å². The fourth-order valence-corrected chi connectivity index (χ4v) is 1.62. The van der Waals surface area contributed by atoms with Crippen molar-refractivity contribution in [2.45, 2.75) is 6.92 Å². The van der Waals surface area contributed by atoms with Crippen LogP contribution in [0.1, 0.15) is 26.5 Å². The van der Waals surface area contributed by atoms with Crippen LogP contribution in [0.5, 0.6) is 5.75 Å². The predicted octanol–water partition coefficient (Wildman–Crippen LogP) is 2.24. The van der Waals surface area contributed by atoms with E-state index in [4.69, 9.17) is 9.52 Å². The van der Waals surface area contributed by atoms with Crippen LogP contribution in [0.2, 0.25) is 0 Å². The van der Waals surface area contributed by atoms with Gasteiger partial charge in [-0.1, -0.05) is 0 Å². The molecule has 19 heavy (non-hydrogen) atoms. The Kier molecular flexibility index (Phi) is 3.24. The zero-order valence-electron chi connectivity index (χ0n) is 10.0. The third-order valence-electron chi connectivity index (χ3n) is 2.53. The van der Waals surface area contributed by atoms with E-state index in [1.54, 1.807) is 13.0 Å². The van der Waals surface area contributed by atoms with Gasteiger partial charge in [0.1, 0.15) is 11.3 Å². The van der Waals surface area contributed by atoms with E-state index in [0.29, 0.717) is 5.56 Å². The van der Waals surface area contributed by atoms with Gasteiger partial charge >= 0.3 is 5.97 Å². The molecule has 0 radical (unpaired) electrons.